The van der Waals surface area contributed by atoms with Crippen LogP contribution < -0.4 is 4.74 Å². The first-order valence-corrected chi connectivity index (χ1v) is 11.2. The molecule has 0 radical (unpaired) electrons. The van der Waals surface area contributed by atoms with Crippen molar-refractivity contribution >= 4 is 26.3 Å². The minimum absolute atomic E-state index is 0.115. The largest absolute Gasteiger partial charge is 0.471 e. The van der Waals surface area contributed by atoms with E-state index in [1.54, 1.807) is 31.5 Å². The van der Waals surface area contributed by atoms with Gasteiger partial charge in [-0.05, 0) is 31.7 Å². The summed E-state index contributed by atoms with van der Waals surface area (Å²) in [6.45, 7) is 5.02. The van der Waals surface area contributed by atoms with E-state index in [4.69, 9.17) is 9.52 Å². The summed E-state index contributed by atoms with van der Waals surface area (Å²) in [5.74, 6) is 5.02. The van der Waals surface area contributed by atoms with Gasteiger partial charge in [0.05, 0.1) is 23.4 Å². The van der Waals surface area contributed by atoms with Gasteiger partial charge in [-0.3, -0.25) is 4.78 Å². The summed E-state index contributed by atoms with van der Waals surface area (Å²) >= 11 is 0. The minimum atomic E-state index is -4.59. The highest BCUT2D eigenvalue weighted by Crippen LogP contribution is 2.34. The van der Waals surface area contributed by atoms with Gasteiger partial charge in [0.25, 0.3) is 0 Å². The van der Waals surface area contributed by atoms with Gasteiger partial charge >= 0.3 is 6.18 Å². The first-order chi connectivity index (χ1) is 14.3. The van der Waals surface area contributed by atoms with Gasteiger partial charge in [-0.2, -0.15) is 18.4 Å². The average molecular weight is 450 g/mol. The van der Waals surface area contributed by atoms with Crippen molar-refractivity contribution in [3.63, 3.8) is 0 Å². The molecule has 0 saturated carbocycles. The van der Waals surface area contributed by atoms with Gasteiger partial charge in [0.1, 0.15) is 23.2 Å². The number of nitrogens with one attached hydrogen (secondary N) is 1. The number of aromatic nitrogens is 4. The van der Waals surface area contributed by atoms with Crippen molar-refractivity contribution in [1.82, 2.24) is 19.5 Å². The molecule has 0 spiro atoms. The third kappa shape index (κ3) is 4.34. The van der Waals surface area contributed by atoms with E-state index in [-0.39, 0.29) is 5.52 Å². The topological polar surface area (TPSA) is 100 Å². The number of hydrogen-bond acceptors (Lipinski definition) is 6. The Bertz CT molecular complexity index is 1300. The molecule has 1 unspecified atom stereocenters. The zero-order valence-electron chi connectivity index (χ0n) is 17.4. The summed E-state index contributed by atoms with van der Waals surface area (Å²) in [5, 5.41) is 9.22. The second-order valence-electron chi connectivity index (χ2n) is 7.46. The van der Waals surface area contributed by atoms with Crippen LogP contribution in [0.4, 0.5) is 13.2 Å². The fourth-order valence-corrected chi connectivity index (χ4v) is 4.04. The lowest BCUT2D eigenvalue weighted by Crippen LogP contribution is -2.25. The van der Waals surface area contributed by atoms with Gasteiger partial charge in [-0.25, -0.2) is 15.0 Å². The molecule has 3 aromatic rings. The number of alkyl halides is 3. The van der Waals surface area contributed by atoms with E-state index >= 15 is 0 Å². The summed E-state index contributed by atoms with van der Waals surface area (Å²) in [4.78, 5) is 12.7. The highest BCUT2D eigenvalue weighted by molar-refractivity contribution is 8.01. The van der Waals surface area contributed by atoms with Gasteiger partial charge in [0.2, 0.25) is 0 Å². The number of imidazole rings is 1. The molecule has 0 aliphatic rings. The molecule has 0 saturated heterocycles. The molecule has 31 heavy (non-hydrogen) atoms. The van der Waals surface area contributed by atoms with E-state index in [9.17, 15) is 18.4 Å². The van der Waals surface area contributed by atoms with Crippen LogP contribution in [0.25, 0.3) is 22.6 Å². The maximum Gasteiger partial charge on any atom is 0.433 e. The highest BCUT2D eigenvalue weighted by Gasteiger charge is 2.33. The molecule has 7 nitrogen and oxygen atoms in total. The number of nitrogens with zero attached hydrogens (tertiary/aromatic N) is 5. The molecular weight excluding hydrogens is 429 g/mol. The van der Waals surface area contributed by atoms with Crippen LogP contribution in [0.15, 0.2) is 29.4 Å². The van der Waals surface area contributed by atoms with Crippen LogP contribution in [0.3, 0.4) is 0 Å². The Labute approximate surface area is 178 Å². The number of rotatable bonds is 5. The van der Waals surface area contributed by atoms with Crippen LogP contribution in [0.5, 0.6) is 5.75 Å². The van der Waals surface area contributed by atoms with Crippen molar-refractivity contribution in [2.45, 2.75) is 37.4 Å². The Morgan fingerprint density at radius 2 is 1.94 bits per heavy atom. The highest BCUT2D eigenvalue weighted by atomic mass is 32.2. The lowest BCUT2D eigenvalue weighted by atomic mass is 10.2. The SMILES string of the molecule is C=S(=N)(CC)c1cc(OC(C)(C)C#N)cnc1-c1nc2cc(C(F)(F)F)ncc2n1C. The Hall–Kier alpha value is -3.13. The first kappa shape index (κ1) is 22.6. The molecule has 0 aliphatic heterocycles. The molecule has 164 valence electrons. The monoisotopic (exact) mass is 450 g/mol. The molecule has 3 rings (SSSR count). The lowest BCUT2D eigenvalue weighted by molar-refractivity contribution is -0.141. The van der Waals surface area contributed by atoms with E-state index in [1.807, 2.05) is 13.0 Å². The van der Waals surface area contributed by atoms with Gasteiger partial charge < -0.3 is 9.30 Å². The summed E-state index contributed by atoms with van der Waals surface area (Å²) < 4.78 is 55.1. The lowest BCUT2D eigenvalue weighted by Gasteiger charge is -2.21. The van der Waals surface area contributed by atoms with Crippen molar-refractivity contribution in [2.24, 2.45) is 7.05 Å². The fourth-order valence-electron chi connectivity index (χ4n) is 2.88. The molecule has 3 aromatic heterocycles. The molecule has 3 heterocycles. The molecule has 0 aromatic carbocycles. The summed E-state index contributed by atoms with van der Waals surface area (Å²) in [6.07, 6.45) is -2.06. The summed E-state index contributed by atoms with van der Waals surface area (Å²) in [5.41, 5.74) is -1.30. The standard InChI is InChI=1S/C20H21F3N6OS/c1-6-31(5,25)15-7-12(30-19(2,3)11-24)9-27-17(15)18-28-13-8-16(20(21,22)23)26-10-14(13)29(18)4/h7-10,25H,5-6H2,1-4H3. The van der Waals surface area contributed by atoms with Crippen molar-refractivity contribution < 1.29 is 17.9 Å². The number of hydrogen-bond donors (Lipinski definition) is 1. The van der Waals surface area contributed by atoms with E-state index in [1.165, 1.54) is 6.20 Å². The molecule has 0 amide bonds. The molecule has 0 bridgehead atoms. The Morgan fingerprint density at radius 1 is 1.26 bits per heavy atom. The third-order valence-corrected chi connectivity index (χ3v) is 6.79. The fraction of sp³-hybridized carbons (Fsp3) is 0.350. The summed E-state index contributed by atoms with van der Waals surface area (Å²) in [6, 6.07) is 4.53. The minimum Gasteiger partial charge on any atom is -0.471 e. The normalized spacial score (nSPS) is 14.3. The summed E-state index contributed by atoms with van der Waals surface area (Å²) in [7, 11) is -0.679. The van der Waals surface area contributed by atoms with Gasteiger partial charge in [-0.15, -0.1) is 9.41 Å². The molecule has 11 heteroatoms. The van der Waals surface area contributed by atoms with Crippen LogP contribution >= 0.6 is 0 Å². The Morgan fingerprint density at radius 3 is 2.52 bits per heavy atom. The van der Waals surface area contributed by atoms with E-state index in [0.29, 0.717) is 33.4 Å². The van der Waals surface area contributed by atoms with E-state index in [2.05, 4.69) is 20.8 Å². The van der Waals surface area contributed by atoms with Crippen LogP contribution in [0.2, 0.25) is 0 Å². The molecule has 0 fully saturated rings. The van der Waals surface area contributed by atoms with Crippen LogP contribution in [-0.4, -0.2) is 36.7 Å². The van der Waals surface area contributed by atoms with E-state index < -0.39 is 26.9 Å². The maximum absolute atomic E-state index is 13.0. The number of halogens is 3. The second-order valence-corrected chi connectivity index (χ2v) is 10.2. The Kier molecular flexibility index (Phi) is 5.48. The van der Waals surface area contributed by atoms with Crippen molar-refractivity contribution in [1.29, 1.82) is 10.0 Å². The second kappa shape index (κ2) is 7.53. The number of fused-ring (bicyclic) bond motifs is 1. The predicted molar refractivity (Wildman–Crippen MR) is 113 cm³/mol. The van der Waals surface area contributed by atoms with Crippen molar-refractivity contribution in [3.05, 3.63) is 30.2 Å². The van der Waals surface area contributed by atoms with Crippen LogP contribution in [0, 0.1) is 16.1 Å². The zero-order valence-corrected chi connectivity index (χ0v) is 18.2. The molecular formula is C20H21F3N6OS. The average Bonchev–Trinajstić information content (AvgIpc) is 3.03. The molecule has 1 N–H and O–H groups in total. The smallest absolute Gasteiger partial charge is 0.433 e. The number of ether oxygens (including phenoxy) is 1. The van der Waals surface area contributed by atoms with Crippen LogP contribution in [-0.2, 0) is 22.6 Å². The number of nitriles is 1. The molecule has 0 aliphatic carbocycles. The van der Waals surface area contributed by atoms with Gasteiger partial charge in [0, 0.05) is 11.9 Å². The van der Waals surface area contributed by atoms with Crippen LogP contribution in [0.1, 0.15) is 26.5 Å². The number of pyridine rings is 2. The first-order valence-electron chi connectivity index (χ1n) is 9.18. The predicted octanol–water partition coefficient (Wildman–Crippen LogP) is 4.46. The van der Waals surface area contributed by atoms with Gasteiger partial charge in [0.15, 0.2) is 11.4 Å². The van der Waals surface area contributed by atoms with E-state index in [0.717, 1.165) is 12.3 Å². The molecule has 1 atom stereocenters. The number of aryl methyl sites for hydroxylation is 1. The maximum atomic E-state index is 13.0. The Balaban J connectivity index is 2.23. The van der Waals surface area contributed by atoms with Gasteiger partial charge in [-0.1, -0.05) is 12.8 Å². The third-order valence-electron chi connectivity index (χ3n) is 4.65. The van der Waals surface area contributed by atoms with Crippen molar-refractivity contribution in [2.75, 3.05) is 5.75 Å². The zero-order chi connectivity index (χ0) is 23.2. The van der Waals surface area contributed by atoms with Crippen molar-refractivity contribution in [3.8, 4) is 23.3 Å². The quantitative estimate of drug-likeness (QED) is 0.579.